The second-order valence-electron chi connectivity index (χ2n) is 7.17. The number of methoxy groups -OCH3 is 1. The van der Waals surface area contributed by atoms with Crippen molar-refractivity contribution in [3.8, 4) is 5.75 Å². The Balaban J connectivity index is 0.00000205. The van der Waals surface area contributed by atoms with Gasteiger partial charge < -0.3 is 17.1 Å². The van der Waals surface area contributed by atoms with Gasteiger partial charge in [0.05, 0.1) is 26.1 Å². The summed E-state index contributed by atoms with van der Waals surface area (Å²) >= 11 is 0. The Morgan fingerprint density at radius 2 is 1.86 bits per heavy atom. The van der Waals surface area contributed by atoms with Crippen LogP contribution < -0.4 is 32.3 Å². The van der Waals surface area contributed by atoms with E-state index >= 15 is 0 Å². The fraction of sp³-hybridized carbons (Fsp3) is 0.286. The number of halogens is 1. The van der Waals surface area contributed by atoms with Gasteiger partial charge in [0.25, 0.3) is 5.91 Å². The number of fused-ring (bicyclic) bond motifs is 3. The average molecular weight is 412 g/mol. The molecule has 3 aromatic rings. The first kappa shape index (κ1) is 19.3. The van der Waals surface area contributed by atoms with Gasteiger partial charge in [-0.25, -0.2) is 9.88 Å². The van der Waals surface area contributed by atoms with Crippen molar-refractivity contribution in [1.82, 2.24) is 9.78 Å². The Hall–Kier alpha value is -3.06. The molecule has 5 rings (SSSR count). The Morgan fingerprint density at radius 1 is 1.10 bits per heavy atom. The zero-order valence-corrected chi connectivity index (χ0v) is 16.8. The lowest BCUT2D eigenvalue weighted by molar-refractivity contribution is -0.671. The Labute approximate surface area is 175 Å². The molecule has 8 heteroatoms. The molecule has 0 fully saturated rings. The van der Waals surface area contributed by atoms with E-state index in [0.717, 1.165) is 23.7 Å². The number of amides is 1. The predicted molar refractivity (Wildman–Crippen MR) is 104 cm³/mol. The first-order valence-corrected chi connectivity index (χ1v) is 9.50. The maximum atomic E-state index is 11.8. The van der Waals surface area contributed by atoms with Crippen LogP contribution in [0.4, 0.5) is 11.9 Å². The lowest BCUT2D eigenvalue weighted by Gasteiger charge is -2.28. The van der Waals surface area contributed by atoms with Crippen LogP contribution in [0.15, 0.2) is 54.6 Å². The summed E-state index contributed by atoms with van der Waals surface area (Å²) in [5.74, 6) is 2.37. The van der Waals surface area contributed by atoms with Crippen molar-refractivity contribution in [3.05, 3.63) is 65.7 Å². The molecule has 3 heterocycles. The predicted octanol–water partition coefficient (Wildman–Crippen LogP) is -0.328. The number of hydrogen-bond acceptors (Lipinski definition) is 4. The molecular formula is C21H22ClN5O2. The van der Waals surface area contributed by atoms with Gasteiger partial charge in [-0.15, -0.1) is 4.68 Å². The van der Waals surface area contributed by atoms with E-state index < -0.39 is 0 Å². The largest absolute Gasteiger partial charge is 1.00 e. The molecule has 0 saturated heterocycles. The molecule has 2 N–H and O–H groups in total. The summed E-state index contributed by atoms with van der Waals surface area (Å²) in [6, 6.07) is 18.8. The molecule has 2 unspecified atom stereocenters. The molecule has 2 aliphatic rings. The Kier molecular flexibility index (Phi) is 5.15. The fourth-order valence-electron chi connectivity index (χ4n) is 4.04. The van der Waals surface area contributed by atoms with E-state index in [-0.39, 0.29) is 30.4 Å². The number of benzene rings is 2. The van der Waals surface area contributed by atoms with Crippen LogP contribution in [-0.2, 0) is 11.3 Å². The number of carbonyl (C=O) groups is 1. The maximum absolute atomic E-state index is 11.8. The van der Waals surface area contributed by atoms with Crippen molar-refractivity contribution in [2.24, 2.45) is 0 Å². The summed E-state index contributed by atoms with van der Waals surface area (Å²) in [6.45, 7) is 0.625. The average Bonchev–Trinajstić information content (AvgIpc) is 3.11. The van der Waals surface area contributed by atoms with E-state index in [9.17, 15) is 4.79 Å². The van der Waals surface area contributed by atoms with Gasteiger partial charge in [-0.05, 0) is 28.4 Å². The lowest BCUT2D eigenvalue weighted by Crippen LogP contribution is -3.00. The van der Waals surface area contributed by atoms with Crippen molar-refractivity contribution in [2.75, 3.05) is 17.7 Å². The molecule has 29 heavy (non-hydrogen) atoms. The highest BCUT2D eigenvalue weighted by Crippen LogP contribution is 2.38. The van der Waals surface area contributed by atoms with Gasteiger partial charge in [-0.2, -0.15) is 0 Å². The molecule has 1 amide bonds. The standard InChI is InChI=1S/C21H21N5O2.ClH/c1-28-16-9-7-15(8-10-16)18-13-17(14-5-3-2-4-6-14)22-21-25-12-11-19(27)23-20(25)24-26(18)21;/h2-10,17-18H,11-13H2,1H3,(H,23,24,27);1H. The molecule has 2 aliphatic heterocycles. The number of aromatic nitrogens is 3. The normalized spacial score (nSPS) is 19.8. The van der Waals surface area contributed by atoms with Crippen molar-refractivity contribution in [2.45, 2.75) is 31.5 Å². The van der Waals surface area contributed by atoms with Gasteiger partial charge in [-0.1, -0.05) is 42.5 Å². The zero-order chi connectivity index (χ0) is 19.1. The first-order valence-electron chi connectivity index (χ1n) is 9.50. The van der Waals surface area contributed by atoms with E-state index in [1.807, 2.05) is 22.9 Å². The van der Waals surface area contributed by atoms with Crippen LogP contribution in [0.2, 0.25) is 0 Å². The van der Waals surface area contributed by atoms with Crippen LogP contribution in [0, 0.1) is 0 Å². The van der Waals surface area contributed by atoms with Crippen molar-refractivity contribution < 1.29 is 26.5 Å². The van der Waals surface area contributed by atoms with Crippen LogP contribution in [-0.4, -0.2) is 22.8 Å². The summed E-state index contributed by atoms with van der Waals surface area (Å²) < 4.78 is 9.37. The van der Waals surface area contributed by atoms with Crippen molar-refractivity contribution in [3.63, 3.8) is 0 Å². The van der Waals surface area contributed by atoms with Gasteiger partial charge in [0.1, 0.15) is 11.8 Å². The summed E-state index contributed by atoms with van der Waals surface area (Å²) in [4.78, 5) is 11.8. The molecular weight excluding hydrogens is 390 g/mol. The second kappa shape index (κ2) is 7.75. The van der Waals surface area contributed by atoms with Crippen LogP contribution in [0.25, 0.3) is 0 Å². The fourth-order valence-corrected chi connectivity index (χ4v) is 4.04. The van der Waals surface area contributed by atoms with Gasteiger partial charge in [0, 0.05) is 6.42 Å². The van der Waals surface area contributed by atoms with Crippen LogP contribution in [0.5, 0.6) is 5.75 Å². The minimum atomic E-state index is 0. The number of nitrogens with zero attached hydrogens (tertiary/aromatic N) is 3. The van der Waals surface area contributed by atoms with E-state index in [1.54, 1.807) is 7.11 Å². The number of carbonyl (C=O) groups excluding carboxylic acids is 1. The summed E-state index contributed by atoms with van der Waals surface area (Å²) in [6.07, 6.45) is 1.32. The van der Waals surface area contributed by atoms with E-state index in [1.165, 1.54) is 5.56 Å². The highest BCUT2D eigenvalue weighted by Gasteiger charge is 2.39. The molecule has 150 valence electrons. The quantitative estimate of drug-likeness (QED) is 0.579. The van der Waals surface area contributed by atoms with Gasteiger partial charge >= 0.3 is 11.9 Å². The SMILES string of the molecule is COc1ccc(C2CC(c3ccccc3)Nc3n2nc2[n+]3CCC(=O)N2)cc1.[Cl-]. The molecule has 2 aromatic carbocycles. The monoisotopic (exact) mass is 411 g/mol. The third-order valence-corrected chi connectivity index (χ3v) is 5.50. The van der Waals surface area contributed by atoms with Gasteiger partial charge in [0.2, 0.25) is 0 Å². The summed E-state index contributed by atoms with van der Waals surface area (Å²) in [5.41, 5.74) is 2.40. The number of rotatable bonds is 3. The topological polar surface area (TPSA) is 72.1 Å². The van der Waals surface area contributed by atoms with Gasteiger partial charge in [-0.3, -0.25) is 10.1 Å². The third kappa shape index (κ3) is 3.42. The molecule has 2 atom stereocenters. The maximum Gasteiger partial charge on any atom is 0.356 e. The number of anilines is 2. The van der Waals surface area contributed by atoms with E-state index in [2.05, 4.69) is 51.6 Å². The molecule has 0 radical (unpaired) electrons. The lowest BCUT2D eigenvalue weighted by atomic mass is 9.93. The number of nitrogens with one attached hydrogen (secondary N) is 2. The Bertz CT molecular complexity index is 1020. The van der Waals surface area contributed by atoms with Crippen molar-refractivity contribution in [1.29, 1.82) is 0 Å². The van der Waals surface area contributed by atoms with Crippen LogP contribution in [0.3, 0.4) is 0 Å². The van der Waals surface area contributed by atoms with Gasteiger partial charge in [0.15, 0.2) is 0 Å². The number of hydrogen-bond donors (Lipinski definition) is 2. The van der Waals surface area contributed by atoms with E-state index in [0.29, 0.717) is 18.9 Å². The summed E-state index contributed by atoms with van der Waals surface area (Å²) in [5, 5.41) is 11.3. The molecule has 0 spiro atoms. The zero-order valence-electron chi connectivity index (χ0n) is 16.0. The highest BCUT2D eigenvalue weighted by molar-refractivity contribution is 5.88. The number of ether oxygens (including phenoxy) is 1. The third-order valence-electron chi connectivity index (χ3n) is 5.50. The smallest absolute Gasteiger partial charge is 0.356 e. The highest BCUT2D eigenvalue weighted by atomic mass is 35.5. The van der Waals surface area contributed by atoms with Crippen LogP contribution in [0.1, 0.15) is 36.1 Å². The molecule has 0 saturated carbocycles. The Morgan fingerprint density at radius 3 is 2.59 bits per heavy atom. The van der Waals surface area contributed by atoms with E-state index in [4.69, 9.17) is 9.84 Å². The minimum absolute atomic E-state index is 0. The summed E-state index contributed by atoms with van der Waals surface area (Å²) in [7, 11) is 1.67. The molecule has 0 aliphatic carbocycles. The molecule has 1 aromatic heterocycles. The second-order valence-corrected chi connectivity index (χ2v) is 7.17. The van der Waals surface area contributed by atoms with Crippen molar-refractivity contribution >= 4 is 17.8 Å². The van der Waals surface area contributed by atoms with Crippen LogP contribution >= 0.6 is 0 Å². The molecule has 0 bridgehead atoms. The molecule has 7 nitrogen and oxygen atoms in total. The first-order chi connectivity index (χ1) is 13.7. The minimum Gasteiger partial charge on any atom is -1.00 e.